The Morgan fingerprint density at radius 2 is 1.93 bits per heavy atom. The van der Waals surface area contributed by atoms with Gasteiger partial charge in [0.2, 0.25) is 0 Å². The number of tetrazole rings is 1. The van der Waals surface area contributed by atoms with Gasteiger partial charge in [-0.2, -0.15) is 5.21 Å². The number of H-pyrrole nitrogens is 1. The second kappa shape index (κ2) is 3.81. The number of anilines is 2. The first-order chi connectivity index (χ1) is 6.77. The van der Waals surface area contributed by atoms with E-state index in [4.69, 9.17) is 23.2 Å². The van der Waals surface area contributed by atoms with E-state index >= 15 is 0 Å². The number of aromatic amines is 1. The van der Waals surface area contributed by atoms with Crippen molar-refractivity contribution in [1.82, 2.24) is 20.6 Å². The summed E-state index contributed by atoms with van der Waals surface area (Å²) in [6.07, 6.45) is 0. The Balaban J connectivity index is 2.33. The number of halogens is 2. The highest BCUT2D eigenvalue weighted by molar-refractivity contribution is 6.39. The Hall–Kier alpha value is -1.33. The van der Waals surface area contributed by atoms with Crippen LogP contribution in [0, 0.1) is 0 Å². The van der Waals surface area contributed by atoms with E-state index < -0.39 is 0 Å². The van der Waals surface area contributed by atoms with Gasteiger partial charge in [0.1, 0.15) is 0 Å². The molecule has 0 saturated carbocycles. The highest BCUT2D eigenvalue weighted by Crippen LogP contribution is 2.31. The van der Waals surface area contributed by atoms with Gasteiger partial charge < -0.3 is 5.32 Å². The van der Waals surface area contributed by atoms with E-state index in [9.17, 15) is 0 Å². The normalized spacial score (nSPS) is 10.1. The summed E-state index contributed by atoms with van der Waals surface area (Å²) in [5.41, 5.74) is 0.567. The lowest BCUT2D eigenvalue weighted by Crippen LogP contribution is -1.94. The van der Waals surface area contributed by atoms with Crippen molar-refractivity contribution in [2.24, 2.45) is 0 Å². The first-order valence-electron chi connectivity index (χ1n) is 3.72. The summed E-state index contributed by atoms with van der Waals surface area (Å²) in [6.45, 7) is 0. The molecule has 1 aromatic heterocycles. The van der Waals surface area contributed by atoms with Crippen molar-refractivity contribution in [3.8, 4) is 0 Å². The molecule has 72 valence electrons. The summed E-state index contributed by atoms with van der Waals surface area (Å²) in [7, 11) is 0. The molecule has 7 heteroatoms. The Labute approximate surface area is 89.4 Å². The van der Waals surface area contributed by atoms with Gasteiger partial charge in [-0.3, -0.25) is 0 Å². The molecule has 0 saturated heterocycles. The number of rotatable bonds is 2. The zero-order valence-electron chi connectivity index (χ0n) is 6.83. The van der Waals surface area contributed by atoms with Gasteiger partial charge in [-0.25, -0.2) is 0 Å². The molecule has 14 heavy (non-hydrogen) atoms. The van der Waals surface area contributed by atoms with Crippen LogP contribution < -0.4 is 5.32 Å². The lowest BCUT2D eigenvalue weighted by Gasteiger charge is -2.05. The average molecular weight is 230 g/mol. The molecule has 2 aromatic rings. The number of para-hydroxylation sites is 1. The number of aromatic nitrogens is 4. The van der Waals surface area contributed by atoms with Gasteiger partial charge in [-0.1, -0.05) is 34.4 Å². The SMILES string of the molecule is Clc1cccc(Cl)c1Nc1nn[nH]n1. The van der Waals surface area contributed by atoms with E-state index in [0.717, 1.165) is 0 Å². The molecule has 0 fully saturated rings. The molecule has 0 radical (unpaired) electrons. The van der Waals surface area contributed by atoms with Crippen molar-refractivity contribution < 1.29 is 0 Å². The minimum absolute atomic E-state index is 0.319. The van der Waals surface area contributed by atoms with Crippen LogP contribution in [-0.2, 0) is 0 Å². The van der Waals surface area contributed by atoms with Gasteiger partial charge >= 0.3 is 0 Å². The van der Waals surface area contributed by atoms with Crippen LogP contribution in [0.5, 0.6) is 0 Å². The average Bonchev–Trinajstić information content (AvgIpc) is 2.64. The van der Waals surface area contributed by atoms with Crippen molar-refractivity contribution in [2.75, 3.05) is 5.32 Å². The van der Waals surface area contributed by atoms with Gasteiger partial charge in [-0.15, -0.1) is 5.10 Å². The Bertz CT molecular complexity index is 407. The summed E-state index contributed by atoms with van der Waals surface area (Å²) < 4.78 is 0. The molecule has 0 unspecified atom stereocenters. The Kier molecular flexibility index (Phi) is 2.51. The molecule has 0 aliphatic heterocycles. The minimum Gasteiger partial charge on any atom is -0.319 e. The Morgan fingerprint density at radius 3 is 2.50 bits per heavy atom. The molecule has 1 aromatic carbocycles. The summed E-state index contributed by atoms with van der Waals surface area (Å²) in [6, 6.07) is 5.19. The number of hydrogen-bond acceptors (Lipinski definition) is 4. The maximum atomic E-state index is 5.91. The molecule has 0 atom stereocenters. The molecule has 5 nitrogen and oxygen atoms in total. The lowest BCUT2D eigenvalue weighted by atomic mass is 10.3. The molecule has 0 bridgehead atoms. The number of hydrogen-bond donors (Lipinski definition) is 2. The third kappa shape index (κ3) is 1.78. The van der Waals surface area contributed by atoms with Crippen LogP contribution in [0.2, 0.25) is 10.0 Å². The topological polar surface area (TPSA) is 66.5 Å². The van der Waals surface area contributed by atoms with Crippen LogP contribution in [0.1, 0.15) is 0 Å². The van der Waals surface area contributed by atoms with Crippen molar-refractivity contribution in [1.29, 1.82) is 0 Å². The van der Waals surface area contributed by atoms with Gasteiger partial charge in [-0.05, 0) is 17.3 Å². The van der Waals surface area contributed by atoms with E-state index in [1.807, 2.05) is 0 Å². The molecule has 2 rings (SSSR count). The van der Waals surface area contributed by atoms with Gasteiger partial charge in [0, 0.05) is 0 Å². The van der Waals surface area contributed by atoms with E-state index in [1.54, 1.807) is 18.2 Å². The molecule has 0 spiro atoms. The van der Waals surface area contributed by atoms with E-state index in [0.29, 0.717) is 21.7 Å². The fraction of sp³-hybridized carbons (Fsp3) is 0. The second-order valence-electron chi connectivity index (χ2n) is 2.46. The van der Waals surface area contributed by atoms with Crippen molar-refractivity contribution in [3.63, 3.8) is 0 Å². The predicted octanol–water partition coefficient (Wildman–Crippen LogP) is 2.25. The largest absolute Gasteiger partial charge is 0.319 e. The molecule has 2 N–H and O–H groups in total. The van der Waals surface area contributed by atoms with Gasteiger partial charge in [0.05, 0.1) is 15.7 Å². The fourth-order valence-electron chi connectivity index (χ4n) is 0.944. The first kappa shape index (κ1) is 9.23. The quantitative estimate of drug-likeness (QED) is 0.830. The van der Waals surface area contributed by atoms with Crippen LogP contribution >= 0.6 is 23.2 Å². The van der Waals surface area contributed by atoms with Crippen LogP contribution in [-0.4, -0.2) is 20.6 Å². The van der Waals surface area contributed by atoms with Crippen molar-refractivity contribution >= 4 is 34.8 Å². The number of benzene rings is 1. The lowest BCUT2D eigenvalue weighted by molar-refractivity contribution is 0.881. The standard InChI is InChI=1S/C7H5Cl2N5/c8-4-2-1-3-5(9)6(4)10-7-11-13-14-12-7/h1-3H,(H2,10,11,12,13,14). The molecular weight excluding hydrogens is 225 g/mol. The fourth-order valence-corrected chi connectivity index (χ4v) is 1.44. The van der Waals surface area contributed by atoms with Crippen LogP contribution in [0.15, 0.2) is 18.2 Å². The second-order valence-corrected chi connectivity index (χ2v) is 3.27. The first-order valence-corrected chi connectivity index (χ1v) is 4.47. The van der Waals surface area contributed by atoms with Crippen LogP contribution in [0.25, 0.3) is 0 Å². The number of nitrogens with one attached hydrogen (secondary N) is 2. The molecule has 0 aliphatic carbocycles. The zero-order valence-corrected chi connectivity index (χ0v) is 8.34. The van der Waals surface area contributed by atoms with E-state index in [-0.39, 0.29) is 0 Å². The van der Waals surface area contributed by atoms with E-state index in [1.165, 1.54) is 0 Å². The van der Waals surface area contributed by atoms with Crippen LogP contribution in [0.3, 0.4) is 0 Å². The van der Waals surface area contributed by atoms with Crippen molar-refractivity contribution in [2.45, 2.75) is 0 Å². The smallest absolute Gasteiger partial charge is 0.267 e. The number of nitrogens with zero attached hydrogens (tertiary/aromatic N) is 3. The molecule has 1 heterocycles. The predicted molar refractivity (Wildman–Crippen MR) is 53.9 cm³/mol. The molecule has 0 amide bonds. The van der Waals surface area contributed by atoms with Crippen LogP contribution in [0.4, 0.5) is 11.6 Å². The summed E-state index contributed by atoms with van der Waals surface area (Å²) in [4.78, 5) is 0. The van der Waals surface area contributed by atoms with Crippen molar-refractivity contribution in [3.05, 3.63) is 28.2 Å². The van der Waals surface area contributed by atoms with Gasteiger partial charge in [0.25, 0.3) is 5.95 Å². The van der Waals surface area contributed by atoms with Gasteiger partial charge in [0.15, 0.2) is 0 Å². The third-order valence-electron chi connectivity index (χ3n) is 1.54. The Morgan fingerprint density at radius 1 is 1.21 bits per heavy atom. The maximum absolute atomic E-state index is 5.91. The third-order valence-corrected chi connectivity index (χ3v) is 2.17. The molecular formula is C7H5Cl2N5. The highest BCUT2D eigenvalue weighted by Gasteiger charge is 2.07. The molecule has 0 aliphatic rings. The monoisotopic (exact) mass is 229 g/mol. The summed E-state index contributed by atoms with van der Waals surface area (Å²) in [5, 5.41) is 17.0. The summed E-state index contributed by atoms with van der Waals surface area (Å²) >= 11 is 11.8. The zero-order chi connectivity index (χ0) is 9.97. The minimum atomic E-state index is 0.319. The van der Waals surface area contributed by atoms with E-state index in [2.05, 4.69) is 25.9 Å². The summed E-state index contributed by atoms with van der Waals surface area (Å²) in [5.74, 6) is 0.319. The maximum Gasteiger partial charge on any atom is 0.267 e. The highest BCUT2D eigenvalue weighted by atomic mass is 35.5.